The molecule has 4 rings (SSSR count). The van der Waals surface area contributed by atoms with Gasteiger partial charge in [-0.15, -0.1) is 0 Å². The number of fused-ring (bicyclic) bond motifs is 1. The normalized spacial score (nSPS) is 14.3. The lowest BCUT2D eigenvalue weighted by atomic mass is 9.96. The van der Waals surface area contributed by atoms with Crippen LogP contribution in [-0.2, 0) is 13.1 Å². The van der Waals surface area contributed by atoms with E-state index in [0.717, 1.165) is 29.2 Å². The second-order valence-corrected chi connectivity index (χ2v) is 10.2. The van der Waals surface area contributed by atoms with Gasteiger partial charge in [-0.2, -0.15) is 5.26 Å². The maximum absolute atomic E-state index is 15.1. The molecule has 1 saturated carbocycles. The second-order valence-electron chi connectivity index (χ2n) is 8.99. The fourth-order valence-corrected chi connectivity index (χ4v) is 4.38. The average Bonchev–Trinajstić information content (AvgIpc) is 3.44. The van der Waals surface area contributed by atoms with Crippen molar-refractivity contribution in [1.82, 2.24) is 14.3 Å². The molecule has 0 aliphatic heterocycles. The summed E-state index contributed by atoms with van der Waals surface area (Å²) in [6.45, 7) is 7.83. The molecule has 0 radical (unpaired) electrons. The Balaban J connectivity index is 1.82. The number of aromatic nitrogens is 2. The summed E-state index contributed by atoms with van der Waals surface area (Å²) in [5.41, 5.74) is 2.27. The quantitative estimate of drug-likeness (QED) is 0.506. The van der Waals surface area contributed by atoms with E-state index in [1.165, 1.54) is 25.0 Å². The van der Waals surface area contributed by atoms with Crippen molar-refractivity contribution >= 4 is 22.9 Å². The highest BCUT2D eigenvalue weighted by atomic mass is 32.2. The van der Waals surface area contributed by atoms with Crippen molar-refractivity contribution in [2.75, 3.05) is 0 Å². The Labute approximate surface area is 179 Å². The SMILES string of the molecule is CC(C)(C)Cn1cc(CNSC2CC2)c2cc(F)c(-c3cc(F)cnc3C#N)cc21. The number of hydrogen-bond acceptors (Lipinski definition) is 4. The Hall–Kier alpha value is -2.43. The first kappa shape index (κ1) is 20.8. The number of hydrogen-bond donors (Lipinski definition) is 1. The average molecular weight is 427 g/mol. The van der Waals surface area contributed by atoms with Crippen LogP contribution in [-0.4, -0.2) is 14.8 Å². The van der Waals surface area contributed by atoms with Crippen molar-refractivity contribution in [2.45, 2.75) is 52.0 Å². The van der Waals surface area contributed by atoms with Crippen LogP contribution in [0.2, 0.25) is 0 Å². The monoisotopic (exact) mass is 426 g/mol. The van der Waals surface area contributed by atoms with Gasteiger partial charge in [0.2, 0.25) is 0 Å². The number of benzene rings is 1. The summed E-state index contributed by atoms with van der Waals surface area (Å²) in [6, 6.07) is 6.31. The van der Waals surface area contributed by atoms with Gasteiger partial charge in [-0.05, 0) is 42.0 Å². The van der Waals surface area contributed by atoms with Crippen molar-refractivity contribution in [3.63, 3.8) is 0 Å². The Morgan fingerprint density at radius 2 is 2.00 bits per heavy atom. The number of nitriles is 1. The summed E-state index contributed by atoms with van der Waals surface area (Å²) < 4.78 is 34.5. The Bertz CT molecular complexity index is 1140. The van der Waals surface area contributed by atoms with E-state index in [1.54, 1.807) is 18.0 Å². The number of halogens is 2. The summed E-state index contributed by atoms with van der Waals surface area (Å²) in [6.07, 6.45) is 5.52. The molecule has 1 aliphatic rings. The van der Waals surface area contributed by atoms with Gasteiger partial charge >= 0.3 is 0 Å². The predicted octanol–water partition coefficient (Wildman–Crippen LogP) is 5.80. The molecule has 1 aliphatic carbocycles. The van der Waals surface area contributed by atoms with E-state index >= 15 is 4.39 Å². The third-order valence-corrected chi connectivity index (χ3v) is 6.10. The zero-order valence-corrected chi connectivity index (χ0v) is 18.1. The van der Waals surface area contributed by atoms with E-state index in [2.05, 4.69) is 41.2 Å². The molecular weight excluding hydrogens is 402 g/mol. The van der Waals surface area contributed by atoms with Crippen molar-refractivity contribution in [1.29, 1.82) is 5.26 Å². The first-order valence-corrected chi connectivity index (χ1v) is 10.9. The lowest BCUT2D eigenvalue weighted by Gasteiger charge is -2.20. The summed E-state index contributed by atoms with van der Waals surface area (Å²) in [4.78, 5) is 3.82. The van der Waals surface area contributed by atoms with Crippen LogP contribution in [0.3, 0.4) is 0 Å². The Kier molecular flexibility index (Phi) is 5.56. The molecule has 0 bridgehead atoms. The first-order chi connectivity index (χ1) is 14.2. The van der Waals surface area contributed by atoms with Crippen molar-refractivity contribution < 1.29 is 8.78 Å². The minimum atomic E-state index is -0.601. The predicted molar refractivity (Wildman–Crippen MR) is 117 cm³/mol. The van der Waals surface area contributed by atoms with Crippen LogP contribution in [0.15, 0.2) is 30.6 Å². The van der Waals surface area contributed by atoms with Crippen LogP contribution in [0, 0.1) is 28.4 Å². The molecule has 1 aromatic carbocycles. The molecule has 0 spiro atoms. The molecule has 1 N–H and O–H groups in total. The first-order valence-electron chi connectivity index (χ1n) is 10.0. The van der Waals surface area contributed by atoms with Gasteiger partial charge in [-0.1, -0.05) is 32.7 Å². The minimum absolute atomic E-state index is 0.00583. The van der Waals surface area contributed by atoms with Crippen LogP contribution >= 0.6 is 11.9 Å². The van der Waals surface area contributed by atoms with Gasteiger partial charge in [0.05, 0.1) is 6.20 Å². The highest BCUT2D eigenvalue weighted by Gasteiger charge is 2.23. The molecule has 156 valence electrons. The topological polar surface area (TPSA) is 53.6 Å². The summed E-state index contributed by atoms with van der Waals surface area (Å²) in [7, 11) is 0. The molecule has 4 nitrogen and oxygen atoms in total. The van der Waals surface area contributed by atoms with Crippen LogP contribution in [0.5, 0.6) is 0 Å². The third-order valence-electron chi connectivity index (χ3n) is 4.98. The maximum Gasteiger partial charge on any atom is 0.148 e. The van der Waals surface area contributed by atoms with Crippen molar-refractivity contribution in [2.24, 2.45) is 5.41 Å². The maximum atomic E-state index is 15.1. The van der Waals surface area contributed by atoms with Gasteiger partial charge in [0.15, 0.2) is 0 Å². The van der Waals surface area contributed by atoms with Gasteiger partial charge in [0.1, 0.15) is 23.4 Å². The fraction of sp³-hybridized carbons (Fsp3) is 0.391. The van der Waals surface area contributed by atoms with Gasteiger partial charge in [0, 0.05) is 46.6 Å². The van der Waals surface area contributed by atoms with Gasteiger partial charge in [-0.3, -0.25) is 4.72 Å². The zero-order chi connectivity index (χ0) is 21.5. The molecule has 3 aromatic rings. The van der Waals surface area contributed by atoms with Crippen LogP contribution in [0.25, 0.3) is 22.0 Å². The molecule has 30 heavy (non-hydrogen) atoms. The molecule has 0 amide bonds. The van der Waals surface area contributed by atoms with Crippen molar-refractivity contribution in [3.8, 4) is 17.2 Å². The number of pyridine rings is 1. The standard InChI is InChI=1S/C23H24F2N4S/c1-23(2,3)13-29-12-14(10-28-30-16-4-5-16)17-7-20(25)18(8-22(17)29)19-6-15(24)11-27-21(19)9-26/h6-8,11-12,16,28H,4-5,10,13H2,1-3H3. The highest BCUT2D eigenvalue weighted by molar-refractivity contribution is 7.98. The van der Waals surface area contributed by atoms with E-state index in [4.69, 9.17) is 0 Å². The highest BCUT2D eigenvalue weighted by Crippen LogP contribution is 2.35. The molecular formula is C23H24F2N4S. The van der Waals surface area contributed by atoms with Crippen molar-refractivity contribution in [3.05, 3.63) is 53.5 Å². The largest absolute Gasteiger partial charge is 0.347 e. The minimum Gasteiger partial charge on any atom is -0.347 e. The molecule has 7 heteroatoms. The van der Waals surface area contributed by atoms with E-state index in [-0.39, 0.29) is 22.2 Å². The van der Waals surface area contributed by atoms with E-state index in [1.807, 2.05) is 6.07 Å². The Morgan fingerprint density at radius 3 is 2.67 bits per heavy atom. The molecule has 0 unspecified atom stereocenters. The smallest absolute Gasteiger partial charge is 0.148 e. The summed E-state index contributed by atoms with van der Waals surface area (Å²) in [5, 5.41) is 10.9. The zero-order valence-electron chi connectivity index (χ0n) is 17.3. The molecule has 0 saturated heterocycles. The summed E-state index contributed by atoms with van der Waals surface area (Å²) >= 11 is 1.74. The van der Waals surface area contributed by atoms with Gasteiger partial charge in [-0.25, -0.2) is 13.8 Å². The second kappa shape index (κ2) is 8.01. The van der Waals surface area contributed by atoms with E-state index < -0.39 is 11.6 Å². The summed E-state index contributed by atoms with van der Waals surface area (Å²) in [5.74, 6) is -1.09. The van der Waals surface area contributed by atoms with Gasteiger partial charge in [0.25, 0.3) is 0 Å². The lowest BCUT2D eigenvalue weighted by molar-refractivity contribution is 0.349. The molecule has 0 atom stereocenters. The van der Waals surface area contributed by atoms with Gasteiger partial charge < -0.3 is 4.57 Å². The van der Waals surface area contributed by atoms with Crippen LogP contribution < -0.4 is 4.72 Å². The fourth-order valence-electron chi connectivity index (χ4n) is 3.53. The number of rotatable bonds is 6. The van der Waals surface area contributed by atoms with E-state index in [9.17, 15) is 9.65 Å². The van der Waals surface area contributed by atoms with E-state index in [0.29, 0.717) is 11.8 Å². The number of nitrogens with one attached hydrogen (secondary N) is 1. The third kappa shape index (κ3) is 4.50. The molecule has 1 fully saturated rings. The van der Waals surface area contributed by atoms with Crippen LogP contribution in [0.4, 0.5) is 8.78 Å². The molecule has 2 aromatic heterocycles. The Morgan fingerprint density at radius 1 is 1.23 bits per heavy atom. The number of nitrogens with zero attached hydrogens (tertiary/aromatic N) is 3. The molecule has 2 heterocycles. The van der Waals surface area contributed by atoms with Crippen LogP contribution in [0.1, 0.15) is 44.9 Å². The lowest BCUT2D eigenvalue weighted by Crippen LogP contribution is -2.14.